The third kappa shape index (κ3) is 4.66. The smallest absolute Gasteiger partial charge is 0.338 e. The minimum absolute atomic E-state index is 0.282. The van der Waals surface area contributed by atoms with Gasteiger partial charge in [-0.05, 0) is 50.1 Å². The van der Waals surface area contributed by atoms with Crippen LogP contribution in [0.2, 0.25) is 5.02 Å². The first kappa shape index (κ1) is 22.4. The van der Waals surface area contributed by atoms with Gasteiger partial charge in [-0.2, -0.15) is 4.98 Å². The van der Waals surface area contributed by atoms with Crippen molar-refractivity contribution in [3.63, 3.8) is 0 Å². The number of hydrogen-bond donors (Lipinski definition) is 1. The van der Waals surface area contributed by atoms with Crippen molar-refractivity contribution in [2.75, 3.05) is 5.32 Å². The predicted octanol–water partition coefficient (Wildman–Crippen LogP) is 5.60. The Morgan fingerprint density at radius 2 is 1.97 bits per heavy atom. The Bertz CT molecular complexity index is 1180. The van der Waals surface area contributed by atoms with Crippen LogP contribution in [0.5, 0.6) is 0 Å². The molecule has 3 aromatic rings. The lowest BCUT2D eigenvalue weighted by Gasteiger charge is -2.28. The van der Waals surface area contributed by atoms with E-state index in [1.54, 1.807) is 37.6 Å². The van der Waals surface area contributed by atoms with Gasteiger partial charge in [-0.3, -0.25) is 0 Å². The number of nitrogens with zero attached hydrogens (tertiary/aromatic N) is 3. The topological polar surface area (TPSA) is 69.0 Å². The molecule has 0 spiro atoms. The zero-order valence-corrected chi connectivity index (χ0v) is 19.4. The molecular formula is C23H22ClFN4O2S. The second kappa shape index (κ2) is 9.34. The summed E-state index contributed by atoms with van der Waals surface area (Å²) in [7, 11) is 0. The van der Waals surface area contributed by atoms with Crippen molar-refractivity contribution in [3.05, 3.63) is 81.8 Å². The molecule has 4 rings (SSSR count). The molecule has 1 aromatic heterocycles. The maximum Gasteiger partial charge on any atom is 0.338 e. The van der Waals surface area contributed by atoms with Crippen molar-refractivity contribution in [1.82, 2.24) is 14.8 Å². The van der Waals surface area contributed by atoms with E-state index in [4.69, 9.17) is 16.3 Å². The maximum absolute atomic E-state index is 13.6. The van der Waals surface area contributed by atoms with Gasteiger partial charge in [0, 0.05) is 16.5 Å². The van der Waals surface area contributed by atoms with E-state index in [9.17, 15) is 9.18 Å². The molecule has 1 N–H and O–H groups in total. The highest BCUT2D eigenvalue weighted by molar-refractivity contribution is 7.98. The monoisotopic (exact) mass is 472 g/mol. The van der Waals surface area contributed by atoms with Crippen LogP contribution in [0.4, 0.5) is 10.3 Å². The van der Waals surface area contributed by atoms with Crippen LogP contribution in [-0.2, 0) is 15.3 Å². The molecule has 1 unspecified atom stereocenters. The van der Waals surface area contributed by atoms with Crippen molar-refractivity contribution in [3.8, 4) is 0 Å². The van der Waals surface area contributed by atoms with Gasteiger partial charge in [0.25, 0.3) is 0 Å². The number of ether oxygens (including phenoxy) is 1. The molecular weight excluding hydrogens is 451 g/mol. The number of carbonyl (C=O) groups excluding carboxylic acids is 1. The summed E-state index contributed by atoms with van der Waals surface area (Å²) in [6.07, 6.45) is -0.282. The summed E-state index contributed by atoms with van der Waals surface area (Å²) in [6.45, 7) is 5.38. The molecule has 6 nitrogen and oxygen atoms in total. The molecule has 32 heavy (non-hydrogen) atoms. The summed E-state index contributed by atoms with van der Waals surface area (Å²) in [5, 5.41) is 9.03. The molecule has 0 radical (unpaired) electrons. The number of benzene rings is 2. The average Bonchev–Trinajstić information content (AvgIpc) is 3.14. The Morgan fingerprint density at radius 3 is 2.66 bits per heavy atom. The number of rotatable bonds is 6. The second-order valence-electron chi connectivity index (χ2n) is 7.61. The van der Waals surface area contributed by atoms with E-state index in [1.165, 1.54) is 23.9 Å². The zero-order valence-electron chi connectivity index (χ0n) is 17.8. The maximum atomic E-state index is 13.6. The Hall–Kier alpha value is -2.84. The minimum atomic E-state index is -0.597. The van der Waals surface area contributed by atoms with Crippen LogP contribution in [0.1, 0.15) is 37.9 Å². The fourth-order valence-corrected chi connectivity index (χ4v) is 4.56. The number of anilines is 1. The molecule has 1 aliphatic rings. The first-order valence-electron chi connectivity index (χ1n) is 10.1. The highest BCUT2D eigenvalue weighted by atomic mass is 35.5. The zero-order chi connectivity index (χ0) is 22.8. The third-order valence-corrected chi connectivity index (χ3v) is 6.15. The summed E-state index contributed by atoms with van der Waals surface area (Å²) < 4.78 is 20.7. The van der Waals surface area contributed by atoms with E-state index >= 15 is 0 Å². The van der Waals surface area contributed by atoms with E-state index in [2.05, 4.69) is 15.4 Å². The molecule has 0 saturated carbocycles. The van der Waals surface area contributed by atoms with Gasteiger partial charge in [-0.15, -0.1) is 5.10 Å². The summed E-state index contributed by atoms with van der Waals surface area (Å²) in [5.74, 6) is 0.286. The van der Waals surface area contributed by atoms with E-state index < -0.39 is 12.0 Å². The van der Waals surface area contributed by atoms with Gasteiger partial charge < -0.3 is 10.1 Å². The van der Waals surface area contributed by atoms with E-state index in [1.807, 2.05) is 24.3 Å². The van der Waals surface area contributed by atoms with E-state index in [0.717, 1.165) is 5.56 Å². The molecule has 2 heterocycles. The normalized spacial score (nSPS) is 15.5. The molecule has 2 aromatic carbocycles. The molecule has 1 atom stereocenters. The number of nitrogens with one attached hydrogen (secondary N) is 1. The first-order chi connectivity index (χ1) is 15.3. The number of fused-ring (bicyclic) bond motifs is 1. The molecule has 0 fully saturated rings. The van der Waals surface area contributed by atoms with Crippen molar-refractivity contribution >= 4 is 35.3 Å². The van der Waals surface area contributed by atoms with Crippen LogP contribution in [0.25, 0.3) is 0 Å². The van der Waals surface area contributed by atoms with E-state index in [0.29, 0.717) is 38.7 Å². The number of thioether (sulfide) groups is 1. The van der Waals surface area contributed by atoms with Crippen LogP contribution >= 0.6 is 23.4 Å². The predicted molar refractivity (Wildman–Crippen MR) is 123 cm³/mol. The Kier molecular flexibility index (Phi) is 6.53. The minimum Gasteiger partial charge on any atom is -0.459 e. The SMILES string of the molecule is CC1=C(C(=O)OC(C)C)C(c2ccc(F)cc2)n2nc(SCc3ccccc3Cl)nc2N1. The Balaban J connectivity index is 1.70. The van der Waals surface area contributed by atoms with Gasteiger partial charge in [-0.1, -0.05) is 53.7 Å². The fourth-order valence-electron chi connectivity index (χ4n) is 3.45. The van der Waals surface area contributed by atoms with Gasteiger partial charge >= 0.3 is 5.97 Å². The lowest BCUT2D eigenvalue weighted by atomic mass is 9.96. The van der Waals surface area contributed by atoms with Gasteiger partial charge in [0.15, 0.2) is 0 Å². The van der Waals surface area contributed by atoms with Gasteiger partial charge in [-0.25, -0.2) is 13.9 Å². The third-order valence-electron chi connectivity index (χ3n) is 4.90. The molecule has 0 saturated heterocycles. The highest BCUT2D eigenvalue weighted by Gasteiger charge is 2.35. The number of esters is 1. The fraction of sp³-hybridized carbons (Fsp3) is 0.261. The van der Waals surface area contributed by atoms with Gasteiger partial charge in [0.05, 0.1) is 11.7 Å². The number of carbonyl (C=O) groups is 1. The largest absolute Gasteiger partial charge is 0.459 e. The number of hydrogen-bond acceptors (Lipinski definition) is 6. The van der Waals surface area contributed by atoms with Crippen molar-refractivity contribution in [2.24, 2.45) is 0 Å². The summed E-state index contributed by atoms with van der Waals surface area (Å²) in [5.41, 5.74) is 2.71. The lowest BCUT2D eigenvalue weighted by Crippen LogP contribution is -2.30. The second-order valence-corrected chi connectivity index (χ2v) is 8.96. The lowest BCUT2D eigenvalue weighted by molar-refractivity contribution is -0.143. The highest BCUT2D eigenvalue weighted by Crippen LogP contribution is 2.37. The Labute approximate surface area is 194 Å². The molecule has 9 heteroatoms. The van der Waals surface area contributed by atoms with Crippen LogP contribution in [0, 0.1) is 5.82 Å². The molecule has 0 aliphatic carbocycles. The van der Waals surface area contributed by atoms with Crippen LogP contribution in [-0.4, -0.2) is 26.8 Å². The van der Waals surface area contributed by atoms with Crippen molar-refractivity contribution in [2.45, 2.75) is 43.8 Å². The number of allylic oxidation sites excluding steroid dienone is 1. The van der Waals surface area contributed by atoms with Gasteiger partial charge in [0.2, 0.25) is 11.1 Å². The quantitative estimate of drug-likeness (QED) is 0.372. The summed E-state index contributed by atoms with van der Waals surface area (Å²) >= 11 is 7.70. The average molecular weight is 473 g/mol. The van der Waals surface area contributed by atoms with Crippen molar-refractivity contribution in [1.29, 1.82) is 0 Å². The van der Waals surface area contributed by atoms with Crippen LogP contribution in [0.15, 0.2) is 65.0 Å². The van der Waals surface area contributed by atoms with Crippen molar-refractivity contribution < 1.29 is 13.9 Å². The summed E-state index contributed by atoms with van der Waals surface area (Å²) in [6, 6.07) is 13.0. The standard InChI is InChI=1S/C23H22ClFN4O2S/c1-13(2)31-21(30)19-14(3)26-22-27-23(32-12-16-6-4-5-7-18(16)24)28-29(22)20(19)15-8-10-17(25)11-9-15/h4-11,13,20H,12H2,1-3H3,(H,26,27,28). The van der Waals surface area contributed by atoms with Crippen LogP contribution in [0.3, 0.4) is 0 Å². The molecule has 166 valence electrons. The summed E-state index contributed by atoms with van der Waals surface area (Å²) in [4.78, 5) is 17.6. The number of halogens is 2. The van der Waals surface area contributed by atoms with Gasteiger partial charge in [0.1, 0.15) is 11.9 Å². The van der Waals surface area contributed by atoms with Crippen LogP contribution < -0.4 is 5.32 Å². The molecule has 0 amide bonds. The molecule has 0 bridgehead atoms. The first-order valence-corrected chi connectivity index (χ1v) is 11.5. The van der Waals surface area contributed by atoms with E-state index in [-0.39, 0.29) is 11.9 Å². The number of aromatic nitrogens is 3. The molecule has 1 aliphatic heterocycles. The Morgan fingerprint density at radius 1 is 1.25 bits per heavy atom.